The van der Waals surface area contributed by atoms with Gasteiger partial charge in [-0.2, -0.15) is 0 Å². The van der Waals surface area contributed by atoms with Crippen LogP contribution in [-0.2, 0) is 4.79 Å². The van der Waals surface area contributed by atoms with Crippen molar-refractivity contribution in [3.05, 3.63) is 36.5 Å². The van der Waals surface area contributed by atoms with Crippen molar-refractivity contribution in [2.45, 2.75) is 321 Å². The van der Waals surface area contributed by atoms with Crippen LogP contribution in [0.25, 0.3) is 0 Å². The second-order valence-electron chi connectivity index (χ2n) is 19.5. The zero-order chi connectivity index (χ0) is 45.8. The van der Waals surface area contributed by atoms with Crippen molar-refractivity contribution in [3.8, 4) is 0 Å². The first-order valence-electron chi connectivity index (χ1n) is 28.3. The molecular formula is C58H111NO4. The van der Waals surface area contributed by atoms with Gasteiger partial charge in [0.15, 0.2) is 0 Å². The van der Waals surface area contributed by atoms with E-state index in [0.717, 1.165) is 44.9 Å². The maximum Gasteiger partial charge on any atom is 0.220 e. The third kappa shape index (κ3) is 48.3. The number of hydrogen-bond acceptors (Lipinski definition) is 4. The minimum Gasteiger partial charge on any atom is -0.394 e. The van der Waals surface area contributed by atoms with Crippen LogP contribution in [0, 0.1) is 0 Å². The van der Waals surface area contributed by atoms with Crippen LogP contribution >= 0.6 is 0 Å². The molecule has 0 spiro atoms. The topological polar surface area (TPSA) is 89.8 Å². The van der Waals surface area contributed by atoms with E-state index in [1.54, 1.807) is 0 Å². The molecule has 0 aromatic rings. The molecule has 0 aliphatic carbocycles. The Morgan fingerprint density at radius 2 is 0.651 bits per heavy atom. The van der Waals surface area contributed by atoms with E-state index >= 15 is 0 Å². The Morgan fingerprint density at radius 1 is 0.381 bits per heavy atom. The molecule has 0 saturated carbocycles. The van der Waals surface area contributed by atoms with Gasteiger partial charge in [0.2, 0.25) is 5.91 Å². The Bertz CT molecular complexity index is 978. The van der Waals surface area contributed by atoms with E-state index in [2.05, 4.69) is 55.6 Å². The molecule has 3 atom stereocenters. The monoisotopic (exact) mass is 886 g/mol. The summed E-state index contributed by atoms with van der Waals surface area (Å²) in [5, 5.41) is 33.5. The van der Waals surface area contributed by atoms with E-state index in [4.69, 9.17) is 0 Å². The summed E-state index contributed by atoms with van der Waals surface area (Å²) < 4.78 is 0. The maximum absolute atomic E-state index is 12.5. The van der Waals surface area contributed by atoms with Crippen LogP contribution in [0.15, 0.2) is 36.5 Å². The molecule has 0 heterocycles. The second kappa shape index (κ2) is 53.2. The SMILES string of the molecule is CCCCC/C=C/CC/C=C/CCCC(O)C(O)C(CO)NC(=O)CCCCCCCCCCCCCCCCCCC/C=C\CCCCCCCCCCCCCCCCCC. The first kappa shape index (κ1) is 61.6. The van der Waals surface area contributed by atoms with E-state index in [1.165, 1.54) is 231 Å². The summed E-state index contributed by atoms with van der Waals surface area (Å²) in [5.41, 5.74) is 0. The molecule has 0 saturated heterocycles. The standard InChI is InChI=1S/C58H111NO4/c1-3-5-7-9-11-13-15-17-18-19-20-21-22-23-24-25-26-27-28-29-30-31-32-33-34-35-36-37-38-39-40-41-43-45-47-49-51-53-57(62)59-55(54-60)58(63)56(61)52-50-48-46-44-42-16-14-12-10-8-6-4-2/h12,14,27-28,44,46,55-56,58,60-61,63H,3-11,13,15-26,29-43,45,47-54H2,1-2H3,(H,59,62)/b14-12+,28-27-,46-44+. The van der Waals surface area contributed by atoms with Gasteiger partial charge in [-0.05, 0) is 77.0 Å². The number of unbranched alkanes of at least 4 members (excludes halogenated alkanes) is 38. The summed E-state index contributed by atoms with van der Waals surface area (Å²) in [6.07, 6.45) is 69.0. The van der Waals surface area contributed by atoms with E-state index in [1.807, 2.05) is 0 Å². The molecule has 0 aliphatic rings. The average molecular weight is 887 g/mol. The molecule has 5 heteroatoms. The first-order valence-corrected chi connectivity index (χ1v) is 28.3. The molecule has 0 radical (unpaired) electrons. The van der Waals surface area contributed by atoms with Crippen molar-refractivity contribution in [1.82, 2.24) is 5.32 Å². The predicted octanol–water partition coefficient (Wildman–Crippen LogP) is 17.4. The van der Waals surface area contributed by atoms with Gasteiger partial charge in [0, 0.05) is 6.42 Å². The predicted molar refractivity (Wildman–Crippen MR) is 278 cm³/mol. The fourth-order valence-corrected chi connectivity index (χ4v) is 8.82. The number of nitrogens with one attached hydrogen (secondary N) is 1. The van der Waals surface area contributed by atoms with Crippen LogP contribution in [0.3, 0.4) is 0 Å². The molecule has 5 nitrogen and oxygen atoms in total. The van der Waals surface area contributed by atoms with Crippen LogP contribution in [0.2, 0.25) is 0 Å². The molecule has 3 unspecified atom stereocenters. The second-order valence-corrected chi connectivity index (χ2v) is 19.5. The van der Waals surface area contributed by atoms with E-state index < -0.39 is 18.2 Å². The molecule has 1 amide bonds. The molecule has 0 fully saturated rings. The lowest BCUT2D eigenvalue weighted by atomic mass is 10.0. The Kier molecular flexibility index (Phi) is 52.0. The van der Waals surface area contributed by atoms with Gasteiger partial charge >= 0.3 is 0 Å². The summed E-state index contributed by atoms with van der Waals surface area (Å²) in [6.45, 7) is 4.15. The van der Waals surface area contributed by atoms with Gasteiger partial charge in [0.05, 0.1) is 18.8 Å². The highest BCUT2D eigenvalue weighted by Crippen LogP contribution is 2.17. The Labute approximate surface area is 394 Å². The van der Waals surface area contributed by atoms with E-state index in [-0.39, 0.29) is 12.5 Å². The van der Waals surface area contributed by atoms with Gasteiger partial charge in [0.25, 0.3) is 0 Å². The van der Waals surface area contributed by atoms with Crippen LogP contribution in [0.5, 0.6) is 0 Å². The van der Waals surface area contributed by atoms with Gasteiger partial charge in [-0.1, -0.05) is 256 Å². The van der Waals surface area contributed by atoms with Crippen molar-refractivity contribution in [2.75, 3.05) is 6.61 Å². The fourth-order valence-electron chi connectivity index (χ4n) is 8.82. The number of carbonyl (C=O) groups excluding carboxylic acids is 1. The van der Waals surface area contributed by atoms with Crippen molar-refractivity contribution in [1.29, 1.82) is 0 Å². The lowest BCUT2D eigenvalue weighted by Crippen LogP contribution is -2.50. The highest BCUT2D eigenvalue weighted by molar-refractivity contribution is 5.76. The number of rotatable bonds is 52. The van der Waals surface area contributed by atoms with Gasteiger partial charge in [-0.25, -0.2) is 0 Å². The molecule has 372 valence electrons. The molecule has 4 N–H and O–H groups in total. The van der Waals surface area contributed by atoms with E-state index in [9.17, 15) is 20.1 Å². The van der Waals surface area contributed by atoms with Gasteiger partial charge in [0.1, 0.15) is 6.10 Å². The number of amides is 1. The molecule has 0 rings (SSSR count). The zero-order valence-electron chi connectivity index (χ0n) is 42.5. The van der Waals surface area contributed by atoms with Gasteiger partial charge < -0.3 is 20.6 Å². The van der Waals surface area contributed by atoms with Crippen molar-refractivity contribution in [3.63, 3.8) is 0 Å². The Morgan fingerprint density at radius 3 is 1.00 bits per heavy atom. The molecule has 0 aromatic heterocycles. The van der Waals surface area contributed by atoms with Crippen molar-refractivity contribution in [2.24, 2.45) is 0 Å². The third-order valence-corrected chi connectivity index (χ3v) is 13.2. The lowest BCUT2D eigenvalue weighted by Gasteiger charge is -2.26. The lowest BCUT2D eigenvalue weighted by molar-refractivity contribution is -0.124. The summed E-state index contributed by atoms with van der Waals surface area (Å²) in [4.78, 5) is 12.5. The minimum atomic E-state index is -1.17. The number of aliphatic hydroxyl groups excluding tert-OH is 3. The number of aliphatic hydroxyl groups is 3. The third-order valence-electron chi connectivity index (χ3n) is 13.2. The van der Waals surface area contributed by atoms with Crippen molar-refractivity contribution >= 4 is 5.91 Å². The van der Waals surface area contributed by atoms with Crippen molar-refractivity contribution < 1.29 is 20.1 Å². The molecular weight excluding hydrogens is 775 g/mol. The number of allylic oxidation sites excluding steroid dienone is 6. The average Bonchev–Trinajstić information content (AvgIpc) is 3.29. The summed E-state index contributed by atoms with van der Waals surface area (Å²) in [7, 11) is 0. The molecule has 0 aromatic carbocycles. The van der Waals surface area contributed by atoms with E-state index in [0.29, 0.717) is 12.8 Å². The molecule has 0 bridgehead atoms. The normalized spacial score (nSPS) is 13.5. The van der Waals surface area contributed by atoms with Crippen LogP contribution in [0.1, 0.15) is 303 Å². The zero-order valence-corrected chi connectivity index (χ0v) is 42.5. The Balaban J connectivity index is 3.45. The fraction of sp³-hybridized carbons (Fsp3) is 0.879. The largest absolute Gasteiger partial charge is 0.394 e. The first-order chi connectivity index (χ1) is 31.1. The van der Waals surface area contributed by atoms with Crippen LogP contribution < -0.4 is 5.32 Å². The van der Waals surface area contributed by atoms with Gasteiger partial charge in [-0.3, -0.25) is 4.79 Å². The minimum absolute atomic E-state index is 0.156. The Hall–Kier alpha value is -1.43. The van der Waals surface area contributed by atoms with Crippen LogP contribution in [0.4, 0.5) is 0 Å². The number of carbonyl (C=O) groups is 1. The smallest absolute Gasteiger partial charge is 0.220 e. The quantitative estimate of drug-likeness (QED) is 0.0362. The summed E-state index contributed by atoms with van der Waals surface area (Å²) >= 11 is 0. The van der Waals surface area contributed by atoms with Gasteiger partial charge in [-0.15, -0.1) is 0 Å². The summed E-state index contributed by atoms with van der Waals surface area (Å²) in [5.74, 6) is -0.156. The molecule has 0 aliphatic heterocycles. The summed E-state index contributed by atoms with van der Waals surface area (Å²) in [6, 6.07) is -0.831. The molecule has 63 heavy (non-hydrogen) atoms. The number of hydrogen-bond donors (Lipinski definition) is 4. The van der Waals surface area contributed by atoms with Crippen LogP contribution in [-0.4, -0.2) is 46.1 Å². The highest BCUT2D eigenvalue weighted by atomic mass is 16.3. The maximum atomic E-state index is 12.5. The highest BCUT2D eigenvalue weighted by Gasteiger charge is 2.26.